The van der Waals surface area contributed by atoms with Gasteiger partial charge < -0.3 is 0 Å². The van der Waals surface area contributed by atoms with Gasteiger partial charge in [-0.2, -0.15) is 0 Å². The van der Waals surface area contributed by atoms with E-state index in [1.165, 1.54) is 4.90 Å². The zero-order valence-electron chi connectivity index (χ0n) is 11.4. The molecule has 3 heteroatoms. The molecule has 1 aromatic heterocycles. The quantitative estimate of drug-likeness (QED) is 0.633. The van der Waals surface area contributed by atoms with Crippen LogP contribution in [0.2, 0.25) is 0 Å². The summed E-state index contributed by atoms with van der Waals surface area (Å²) in [6.07, 6.45) is 3.57. The van der Waals surface area contributed by atoms with Crippen LogP contribution < -0.4 is 0 Å². The van der Waals surface area contributed by atoms with E-state index in [1.54, 1.807) is 24.2 Å². The Morgan fingerprint density at radius 3 is 2.38 bits per heavy atom. The van der Waals surface area contributed by atoms with Crippen molar-refractivity contribution in [3.05, 3.63) is 84.7 Å². The van der Waals surface area contributed by atoms with Crippen molar-refractivity contribution in [3.8, 4) is 0 Å². The average Bonchev–Trinajstić information content (AvgIpc) is 2.56. The molecule has 0 spiro atoms. The first-order valence-corrected chi connectivity index (χ1v) is 7.50. The fourth-order valence-corrected chi connectivity index (χ4v) is 2.77. The maximum atomic E-state index is 4.56. The minimum atomic E-state index is 0.858. The zero-order chi connectivity index (χ0) is 14.3. The number of hydrogen-bond donors (Lipinski definition) is 0. The normalized spacial score (nSPS) is 10.9. The van der Waals surface area contributed by atoms with Gasteiger partial charge in [-0.05, 0) is 36.4 Å². The second-order valence-electron chi connectivity index (χ2n) is 4.40. The summed E-state index contributed by atoms with van der Waals surface area (Å²) in [5.41, 5.74) is 1.81. The first-order chi connectivity index (χ1) is 10.4. The van der Waals surface area contributed by atoms with Crippen LogP contribution in [0.3, 0.4) is 0 Å². The van der Waals surface area contributed by atoms with E-state index in [4.69, 9.17) is 0 Å². The first-order valence-electron chi connectivity index (χ1n) is 6.69. The Morgan fingerprint density at radius 1 is 0.810 bits per heavy atom. The van der Waals surface area contributed by atoms with Gasteiger partial charge in [0.1, 0.15) is 0 Å². The summed E-state index contributed by atoms with van der Waals surface area (Å²) < 4.78 is 0. The lowest BCUT2D eigenvalue weighted by Gasteiger charge is -2.04. The molecule has 3 rings (SSSR count). The average molecular weight is 290 g/mol. The summed E-state index contributed by atoms with van der Waals surface area (Å²) in [5, 5.41) is 0. The highest BCUT2D eigenvalue weighted by molar-refractivity contribution is 7.99. The van der Waals surface area contributed by atoms with Crippen molar-refractivity contribution in [1.29, 1.82) is 0 Å². The topological polar surface area (TPSA) is 25.2 Å². The molecule has 0 N–H and O–H groups in total. The molecule has 0 radical (unpaired) electrons. The van der Waals surface area contributed by atoms with Crippen LogP contribution in [0, 0.1) is 0 Å². The summed E-state index contributed by atoms with van der Waals surface area (Å²) >= 11 is 1.72. The smallest absolute Gasteiger partial charge is 0.0812 e. The molecule has 102 valence electrons. The molecule has 0 bridgehead atoms. The molecule has 0 saturated carbocycles. The fourth-order valence-electron chi connectivity index (χ4n) is 1.85. The summed E-state index contributed by atoms with van der Waals surface area (Å²) in [7, 11) is 0. The van der Waals surface area contributed by atoms with Gasteiger partial charge >= 0.3 is 0 Å². The highest BCUT2D eigenvalue weighted by atomic mass is 32.2. The number of aromatic nitrogens is 1. The maximum absolute atomic E-state index is 4.56. The zero-order valence-corrected chi connectivity index (χ0v) is 12.2. The Kier molecular flexibility index (Phi) is 4.44. The van der Waals surface area contributed by atoms with Gasteiger partial charge in [-0.1, -0.05) is 48.2 Å². The number of nitrogens with zero attached hydrogens (tertiary/aromatic N) is 2. The van der Waals surface area contributed by atoms with Gasteiger partial charge in [-0.15, -0.1) is 0 Å². The van der Waals surface area contributed by atoms with E-state index in [2.05, 4.69) is 28.2 Å². The maximum Gasteiger partial charge on any atom is 0.0812 e. The highest BCUT2D eigenvalue weighted by Gasteiger charge is 2.02. The molecular formula is C18H14N2S. The Morgan fingerprint density at radius 2 is 1.57 bits per heavy atom. The molecule has 0 saturated heterocycles. The van der Waals surface area contributed by atoms with Gasteiger partial charge in [-0.3, -0.25) is 9.98 Å². The second-order valence-corrected chi connectivity index (χ2v) is 5.51. The molecule has 0 fully saturated rings. The third-order valence-corrected chi connectivity index (χ3v) is 3.93. The third kappa shape index (κ3) is 3.80. The summed E-state index contributed by atoms with van der Waals surface area (Å²) in [6, 6.07) is 24.2. The van der Waals surface area contributed by atoms with E-state index in [0.29, 0.717) is 0 Å². The van der Waals surface area contributed by atoms with Crippen LogP contribution in [0.1, 0.15) is 5.69 Å². The number of hydrogen-bond acceptors (Lipinski definition) is 3. The first kappa shape index (κ1) is 13.6. The number of rotatable bonds is 4. The third-order valence-electron chi connectivity index (χ3n) is 2.86. The van der Waals surface area contributed by atoms with Crippen LogP contribution >= 0.6 is 11.8 Å². The molecule has 3 aromatic rings. The minimum absolute atomic E-state index is 0.858. The molecule has 0 unspecified atom stereocenters. The van der Waals surface area contributed by atoms with Crippen LogP contribution in [-0.2, 0) is 0 Å². The van der Waals surface area contributed by atoms with Gasteiger partial charge in [0.05, 0.1) is 17.6 Å². The summed E-state index contributed by atoms with van der Waals surface area (Å²) in [4.78, 5) is 11.2. The van der Waals surface area contributed by atoms with Crippen molar-refractivity contribution < 1.29 is 0 Å². The molecule has 0 aliphatic rings. The van der Waals surface area contributed by atoms with E-state index in [0.717, 1.165) is 16.3 Å². The number of benzene rings is 2. The molecule has 2 aromatic carbocycles. The molecular weight excluding hydrogens is 276 g/mol. The van der Waals surface area contributed by atoms with Crippen molar-refractivity contribution in [2.45, 2.75) is 9.79 Å². The van der Waals surface area contributed by atoms with Gasteiger partial charge in [0.2, 0.25) is 0 Å². The summed E-state index contributed by atoms with van der Waals surface area (Å²) in [5.74, 6) is 0. The summed E-state index contributed by atoms with van der Waals surface area (Å²) in [6.45, 7) is 0. The van der Waals surface area contributed by atoms with Crippen molar-refractivity contribution in [2.24, 2.45) is 4.99 Å². The minimum Gasteiger partial charge on any atom is -0.255 e. The predicted molar refractivity (Wildman–Crippen MR) is 88.5 cm³/mol. The Labute approximate surface area is 128 Å². The van der Waals surface area contributed by atoms with E-state index >= 15 is 0 Å². The fraction of sp³-hybridized carbons (Fsp3) is 0. The van der Waals surface area contributed by atoms with Crippen LogP contribution in [0.15, 0.2) is 93.8 Å². The largest absolute Gasteiger partial charge is 0.255 e. The molecule has 2 nitrogen and oxygen atoms in total. The monoisotopic (exact) mass is 290 g/mol. The molecule has 21 heavy (non-hydrogen) atoms. The van der Waals surface area contributed by atoms with Gasteiger partial charge in [0.25, 0.3) is 0 Å². The van der Waals surface area contributed by atoms with Gasteiger partial charge in [0.15, 0.2) is 0 Å². The van der Waals surface area contributed by atoms with Gasteiger partial charge in [0, 0.05) is 16.0 Å². The van der Waals surface area contributed by atoms with E-state index in [1.807, 2.05) is 54.6 Å². The van der Waals surface area contributed by atoms with Crippen LogP contribution in [0.25, 0.3) is 0 Å². The van der Waals surface area contributed by atoms with Gasteiger partial charge in [-0.25, -0.2) is 0 Å². The predicted octanol–water partition coefficient (Wildman–Crippen LogP) is 4.98. The van der Waals surface area contributed by atoms with Crippen LogP contribution in [-0.4, -0.2) is 11.2 Å². The van der Waals surface area contributed by atoms with Crippen LogP contribution in [0.5, 0.6) is 0 Å². The van der Waals surface area contributed by atoms with Crippen molar-refractivity contribution in [3.63, 3.8) is 0 Å². The highest BCUT2D eigenvalue weighted by Crippen LogP contribution is 2.34. The number of aliphatic imine (C=N–C) groups is 1. The van der Waals surface area contributed by atoms with Crippen LogP contribution in [0.4, 0.5) is 5.69 Å². The lowest BCUT2D eigenvalue weighted by Crippen LogP contribution is -1.84. The Balaban J connectivity index is 1.84. The Hall–Kier alpha value is -2.39. The Bertz CT molecular complexity index is 724. The molecule has 0 amide bonds. The SMILES string of the molecule is C(=N\c1ccccc1Sc1ccccc1)/c1ccccn1. The lowest BCUT2D eigenvalue weighted by atomic mass is 10.3. The number of pyridine rings is 1. The van der Waals surface area contributed by atoms with Crippen molar-refractivity contribution in [2.75, 3.05) is 0 Å². The van der Waals surface area contributed by atoms with E-state index in [-0.39, 0.29) is 0 Å². The molecule has 0 aliphatic carbocycles. The van der Waals surface area contributed by atoms with E-state index < -0.39 is 0 Å². The molecule has 0 aliphatic heterocycles. The standard InChI is InChI=1S/C18H14N2S/c1-2-9-16(10-3-1)21-18-12-5-4-11-17(18)20-14-15-8-6-7-13-19-15/h1-14H/b20-14+. The molecule has 1 heterocycles. The van der Waals surface area contributed by atoms with Crippen molar-refractivity contribution >= 4 is 23.7 Å². The number of para-hydroxylation sites is 1. The molecule has 0 atom stereocenters. The van der Waals surface area contributed by atoms with E-state index in [9.17, 15) is 0 Å². The second kappa shape index (κ2) is 6.86. The lowest BCUT2D eigenvalue weighted by molar-refractivity contribution is 1.29. The van der Waals surface area contributed by atoms with Crippen molar-refractivity contribution in [1.82, 2.24) is 4.98 Å².